The predicted octanol–water partition coefficient (Wildman–Crippen LogP) is 1.17. The van der Waals surface area contributed by atoms with Crippen LogP contribution in [0.5, 0.6) is 0 Å². The number of nitrogens with zero attached hydrogens (tertiary/aromatic N) is 3. The maximum absolute atomic E-state index is 14.0. The maximum atomic E-state index is 14.0. The van der Waals surface area contributed by atoms with Crippen molar-refractivity contribution in [3.8, 4) is 0 Å². The number of hydrogen-bond acceptors (Lipinski definition) is 7. The Hall–Kier alpha value is -3.09. The molecule has 1 aromatic heterocycles. The Balaban J connectivity index is 1.66. The zero-order valence-corrected chi connectivity index (χ0v) is 24.1. The van der Waals surface area contributed by atoms with E-state index in [0.29, 0.717) is 12.1 Å². The molecule has 0 spiro atoms. The van der Waals surface area contributed by atoms with E-state index in [-0.39, 0.29) is 30.8 Å². The van der Waals surface area contributed by atoms with Crippen molar-refractivity contribution < 1.29 is 22.8 Å². The molecule has 2 aliphatic rings. The Morgan fingerprint density at radius 1 is 1.15 bits per heavy atom. The highest BCUT2D eigenvalue weighted by Gasteiger charge is 2.56. The van der Waals surface area contributed by atoms with Crippen LogP contribution < -0.4 is 16.0 Å². The molecule has 2 aromatic rings. The number of hydrogen-bond donors (Lipinski definition) is 3. The molecular formula is C27H38N6O5S. The molecule has 39 heavy (non-hydrogen) atoms. The summed E-state index contributed by atoms with van der Waals surface area (Å²) in [5.41, 5.74) is -0.0575. The molecule has 5 atom stereocenters. The summed E-state index contributed by atoms with van der Waals surface area (Å²) in [5, 5.41) is 10.4. The molecule has 0 aliphatic carbocycles. The third-order valence-electron chi connectivity index (χ3n) is 7.79. The smallest absolute Gasteiger partial charge is 0.246 e. The van der Waals surface area contributed by atoms with Crippen LogP contribution in [0.4, 0.5) is 5.69 Å². The lowest BCUT2D eigenvalue weighted by Crippen LogP contribution is -2.59. The van der Waals surface area contributed by atoms with Crippen LogP contribution in [0.3, 0.4) is 0 Å². The van der Waals surface area contributed by atoms with Crippen LogP contribution >= 0.6 is 0 Å². The molecule has 0 unspecified atom stereocenters. The van der Waals surface area contributed by atoms with Crippen LogP contribution in [0.25, 0.3) is 10.8 Å². The second-order valence-electron chi connectivity index (χ2n) is 11.5. The molecule has 2 aliphatic heterocycles. The summed E-state index contributed by atoms with van der Waals surface area (Å²) in [6.07, 6.45) is 4.87. The minimum absolute atomic E-state index is 0.0316. The average Bonchev–Trinajstić information content (AvgIpc) is 3.46. The van der Waals surface area contributed by atoms with Crippen LogP contribution in [-0.4, -0.2) is 90.9 Å². The van der Waals surface area contributed by atoms with Gasteiger partial charge in [-0.05, 0) is 43.3 Å². The second kappa shape index (κ2) is 10.8. The Morgan fingerprint density at radius 3 is 2.51 bits per heavy atom. The first-order valence-electron chi connectivity index (χ1n) is 13.1. The van der Waals surface area contributed by atoms with E-state index in [0.717, 1.165) is 17.0 Å². The molecule has 11 nitrogen and oxygen atoms in total. The summed E-state index contributed by atoms with van der Waals surface area (Å²) in [4.78, 5) is 46.3. The number of likely N-dealkylation sites (N-methyl/N-ethyl adjacent to an activating group) is 1. The second-order valence-corrected chi connectivity index (χ2v) is 13.5. The molecular weight excluding hydrogens is 520 g/mol. The first-order chi connectivity index (χ1) is 18.2. The van der Waals surface area contributed by atoms with Crippen molar-refractivity contribution in [3.63, 3.8) is 0 Å². The summed E-state index contributed by atoms with van der Waals surface area (Å²) in [5.74, 6) is -1.80. The number of carbonyl (C=O) groups excluding carboxylic acids is 3. The van der Waals surface area contributed by atoms with Gasteiger partial charge >= 0.3 is 0 Å². The lowest BCUT2D eigenvalue weighted by Gasteiger charge is -2.37. The van der Waals surface area contributed by atoms with Crippen molar-refractivity contribution >= 4 is 44.2 Å². The summed E-state index contributed by atoms with van der Waals surface area (Å²) in [6.45, 7) is 7.55. The van der Waals surface area contributed by atoms with Gasteiger partial charge in [-0.25, -0.2) is 8.42 Å². The number of rotatable bonds is 7. The summed E-state index contributed by atoms with van der Waals surface area (Å²) >= 11 is 0. The highest BCUT2D eigenvalue weighted by molar-refractivity contribution is 7.88. The normalized spacial score (nSPS) is 23.3. The number of anilines is 1. The van der Waals surface area contributed by atoms with Gasteiger partial charge in [-0.3, -0.25) is 19.4 Å². The molecule has 3 N–H and O–H groups in total. The third kappa shape index (κ3) is 5.78. The van der Waals surface area contributed by atoms with E-state index in [9.17, 15) is 22.8 Å². The predicted molar refractivity (Wildman–Crippen MR) is 149 cm³/mol. The zero-order chi connectivity index (χ0) is 28.7. The van der Waals surface area contributed by atoms with E-state index >= 15 is 0 Å². The van der Waals surface area contributed by atoms with Crippen LogP contribution in [-0.2, 0) is 24.4 Å². The van der Waals surface area contributed by atoms with Gasteiger partial charge in [0.25, 0.3) is 0 Å². The van der Waals surface area contributed by atoms with Crippen LogP contribution in [0.15, 0.2) is 36.7 Å². The van der Waals surface area contributed by atoms with Gasteiger partial charge in [0.05, 0.1) is 29.9 Å². The van der Waals surface area contributed by atoms with Gasteiger partial charge < -0.3 is 20.9 Å². The molecule has 2 fully saturated rings. The number of likely N-dealkylation sites (tertiary alicyclic amines) is 1. The summed E-state index contributed by atoms with van der Waals surface area (Å²) in [6, 6.07) is 4.80. The van der Waals surface area contributed by atoms with E-state index in [1.54, 1.807) is 37.3 Å². The van der Waals surface area contributed by atoms with Gasteiger partial charge in [0.1, 0.15) is 6.04 Å². The van der Waals surface area contributed by atoms with E-state index in [1.807, 2.05) is 39.0 Å². The number of carbonyl (C=O) groups is 3. The number of pyridine rings is 1. The Labute approximate surface area is 229 Å². The number of benzene rings is 1. The number of amides is 3. The molecule has 4 rings (SSSR count). The highest BCUT2D eigenvalue weighted by atomic mass is 32.2. The van der Waals surface area contributed by atoms with Crippen molar-refractivity contribution in [1.82, 2.24) is 24.8 Å². The summed E-state index contributed by atoms with van der Waals surface area (Å²) < 4.78 is 26.8. The van der Waals surface area contributed by atoms with Gasteiger partial charge in [-0.1, -0.05) is 32.9 Å². The third-order valence-corrected chi connectivity index (χ3v) is 9.06. The van der Waals surface area contributed by atoms with Crippen molar-refractivity contribution in [3.05, 3.63) is 36.7 Å². The number of nitrogens with one attached hydrogen (secondary N) is 3. The van der Waals surface area contributed by atoms with Crippen LogP contribution in [0.2, 0.25) is 0 Å². The Kier molecular flexibility index (Phi) is 8.02. The van der Waals surface area contributed by atoms with Crippen molar-refractivity contribution in [1.29, 1.82) is 0 Å². The fraction of sp³-hybridized carbons (Fsp3) is 0.556. The SMILES string of the molecule is CN[C@H](C)C(=O)N[C@H](C(=O)N1CC[C@@H]2[C@H]1[C@@H](C(=O)Nc1cccc3ccncc13)CN2S(C)(=O)=O)C(C)(C)C. The molecule has 2 saturated heterocycles. The number of fused-ring (bicyclic) bond motifs is 2. The lowest BCUT2D eigenvalue weighted by molar-refractivity contribution is -0.141. The number of sulfonamides is 1. The quantitative estimate of drug-likeness (QED) is 0.463. The Bertz CT molecular complexity index is 1370. The van der Waals surface area contributed by atoms with Gasteiger partial charge in [-0.15, -0.1) is 0 Å². The van der Waals surface area contributed by atoms with Crippen molar-refractivity contribution in [2.45, 2.75) is 58.3 Å². The summed E-state index contributed by atoms with van der Waals surface area (Å²) in [7, 11) is -1.97. The minimum Gasteiger partial charge on any atom is -0.342 e. The van der Waals surface area contributed by atoms with Crippen molar-refractivity contribution in [2.24, 2.45) is 11.3 Å². The molecule has 0 bridgehead atoms. The minimum atomic E-state index is -3.63. The van der Waals surface area contributed by atoms with Crippen molar-refractivity contribution in [2.75, 3.05) is 31.7 Å². The highest BCUT2D eigenvalue weighted by Crippen LogP contribution is 2.39. The molecule has 3 heterocycles. The molecule has 0 radical (unpaired) electrons. The van der Waals surface area contributed by atoms with Gasteiger partial charge in [0, 0.05) is 36.9 Å². The van der Waals surface area contributed by atoms with Crippen LogP contribution in [0, 0.1) is 11.3 Å². The van der Waals surface area contributed by atoms with Crippen LogP contribution in [0.1, 0.15) is 34.1 Å². The molecule has 3 amide bonds. The van der Waals surface area contributed by atoms with E-state index in [2.05, 4.69) is 20.9 Å². The fourth-order valence-electron chi connectivity index (χ4n) is 5.57. The largest absolute Gasteiger partial charge is 0.342 e. The first kappa shape index (κ1) is 28.9. The Morgan fingerprint density at radius 2 is 1.87 bits per heavy atom. The van der Waals surface area contributed by atoms with E-state index < -0.39 is 45.5 Å². The van der Waals surface area contributed by atoms with Gasteiger partial charge in [-0.2, -0.15) is 4.31 Å². The number of aromatic nitrogens is 1. The fourth-order valence-corrected chi connectivity index (χ4v) is 6.73. The van der Waals surface area contributed by atoms with Gasteiger partial charge in [0.15, 0.2) is 0 Å². The maximum Gasteiger partial charge on any atom is 0.246 e. The zero-order valence-electron chi connectivity index (χ0n) is 23.3. The lowest BCUT2D eigenvalue weighted by atomic mass is 9.85. The van der Waals surface area contributed by atoms with Gasteiger partial charge in [0.2, 0.25) is 27.7 Å². The molecule has 0 saturated carbocycles. The topological polar surface area (TPSA) is 141 Å². The first-order valence-corrected chi connectivity index (χ1v) is 15.0. The van der Waals surface area contributed by atoms with E-state index in [4.69, 9.17) is 0 Å². The average molecular weight is 559 g/mol. The van der Waals surface area contributed by atoms with E-state index in [1.165, 1.54) is 4.31 Å². The molecule has 1 aromatic carbocycles. The monoisotopic (exact) mass is 558 g/mol. The standard InChI is InChI=1S/C27H38N6O5S/c1-16(28-5)24(34)31-23(27(2,3)4)26(36)32-13-11-21-22(32)19(15-33(21)39(6,37)38)25(35)30-20-9-7-8-17-10-12-29-14-18(17)20/h7-10,12,14,16,19,21-23,28H,11,13,15H2,1-6H3,(H,30,35)(H,31,34)/t16-,19+,21-,22-,23-/m1/s1. The molecule has 12 heteroatoms. The molecule has 212 valence electrons.